The van der Waals surface area contributed by atoms with Crippen LogP contribution in [0.3, 0.4) is 0 Å². The van der Waals surface area contributed by atoms with Gasteiger partial charge in [-0.15, -0.1) is 0 Å². The third kappa shape index (κ3) is 4.68. The average Bonchev–Trinajstić information content (AvgIpc) is 3.12. The molecule has 0 unspecified atom stereocenters. The molecule has 1 aromatic heterocycles. The summed E-state index contributed by atoms with van der Waals surface area (Å²) < 4.78 is 10.1. The van der Waals surface area contributed by atoms with E-state index in [4.69, 9.17) is 9.26 Å². The second-order valence-electron chi connectivity index (χ2n) is 6.95. The number of nitrogens with zero attached hydrogens (tertiary/aromatic N) is 4. The molecule has 2 heterocycles. The summed E-state index contributed by atoms with van der Waals surface area (Å²) in [6.45, 7) is 9.49. The van der Waals surface area contributed by atoms with Crippen LogP contribution in [0.2, 0.25) is 0 Å². The first-order valence-electron chi connectivity index (χ1n) is 8.99. The van der Waals surface area contributed by atoms with Gasteiger partial charge in [0.25, 0.3) is 0 Å². The van der Waals surface area contributed by atoms with Crippen molar-refractivity contribution >= 4 is 5.97 Å². The van der Waals surface area contributed by atoms with Gasteiger partial charge in [-0.25, -0.2) is 4.79 Å². The van der Waals surface area contributed by atoms with E-state index >= 15 is 0 Å². The lowest BCUT2D eigenvalue weighted by atomic mass is 10.1. The molecule has 140 valence electrons. The Morgan fingerprint density at radius 2 is 1.88 bits per heavy atom. The highest BCUT2D eigenvalue weighted by atomic mass is 16.5. The first-order valence-corrected chi connectivity index (χ1v) is 8.99. The number of esters is 1. The zero-order chi connectivity index (χ0) is 18.5. The van der Waals surface area contributed by atoms with Gasteiger partial charge in [-0.2, -0.15) is 4.98 Å². The van der Waals surface area contributed by atoms with Gasteiger partial charge in [0.1, 0.15) is 0 Å². The molecule has 7 nitrogen and oxygen atoms in total. The zero-order valence-electron chi connectivity index (χ0n) is 15.6. The van der Waals surface area contributed by atoms with E-state index in [0.29, 0.717) is 18.0 Å². The predicted molar refractivity (Wildman–Crippen MR) is 96.7 cm³/mol. The normalized spacial score (nSPS) is 16.2. The number of carbonyl (C=O) groups is 1. The van der Waals surface area contributed by atoms with Crippen molar-refractivity contribution in [3.63, 3.8) is 0 Å². The van der Waals surface area contributed by atoms with E-state index in [2.05, 4.69) is 33.8 Å². The van der Waals surface area contributed by atoms with E-state index in [1.165, 1.54) is 7.11 Å². The van der Waals surface area contributed by atoms with E-state index < -0.39 is 0 Å². The van der Waals surface area contributed by atoms with Crippen LogP contribution in [0.1, 0.15) is 47.4 Å². The Bertz CT molecular complexity index is 736. The molecule has 2 aromatic rings. The molecule has 7 heteroatoms. The smallest absolute Gasteiger partial charge is 0.337 e. The summed E-state index contributed by atoms with van der Waals surface area (Å²) in [5.41, 5.74) is 1.72. The van der Waals surface area contributed by atoms with Crippen molar-refractivity contribution in [2.75, 3.05) is 33.3 Å². The lowest BCUT2D eigenvalue weighted by Gasteiger charge is -2.33. The van der Waals surface area contributed by atoms with Crippen molar-refractivity contribution in [1.82, 2.24) is 19.9 Å². The van der Waals surface area contributed by atoms with Crippen molar-refractivity contribution in [2.24, 2.45) is 0 Å². The SMILES string of the molecule is COC(=O)c1cccc(CN2CCN(Cc3nc(C(C)C)no3)CC2)c1. The molecule has 0 atom stereocenters. The van der Waals surface area contributed by atoms with Gasteiger partial charge in [-0.05, 0) is 17.7 Å². The number of hydrogen-bond acceptors (Lipinski definition) is 7. The van der Waals surface area contributed by atoms with Gasteiger partial charge in [0, 0.05) is 38.6 Å². The van der Waals surface area contributed by atoms with Crippen molar-refractivity contribution in [3.8, 4) is 0 Å². The van der Waals surface area contributed by atoms with E-state index in [1.807, 2.05) is 18.2 Å². The van der Waals surface area contributed by atoms with E-state index in [0.717, 1.165) is 44.1 Å². The van der Waals surface area contributed by atoms with E-state index in [-0.39, 0.29) is 11.9 Å². The molecule has 1 fully saturated rings. The molecule has 1 aromatic carbocycles. The van der Waals surface area contributed by atoms with Gasteiger partial charge in [0.05, 0.1) is 19.2 Å². The molecule has 26 heavy (non-hydrogen) atoms. The van der Waals surface area contributed by atoms with Crippen LogP contribution in [0.4, 0.5) is 0 Å². The summed E-state index contributed by atoms with van der Waals surface area (Å²) in [4.78, 5) is 20.8. The Kier molecular flexibility index (Phi) is 6.00. The van der Waals surface area contributed by atoms with Gasteiger partial charge in [-0.3, -0.25) is 9.80 Å². The Labute approximate surface area is 153 Å². The second kappa shape index (κ2) is 8.42. The summed E-state index contributed by atoms with van der Waals surface area (Å²) in [5.74, 6) is 1.44. The van der Waals surface area contributed by atoms with Crippen LogP contribution < -0.4 is 0 Å². The molecule has 1 saturated heterocycles. The summed E-state index contributed by atoms with van der Waals surface area (Å²) >= 11 is 0. The fourth-order valence-electron chi connectivity index (χ4n) is 3.04. The van der Waals surface area contributed by atoms with Gasteiger partial charge in [-0.1, -0.05) is 31.1 Å². The maximum Gasteiger partial charge on any atom is 0.337 e. The van der Waals surface area contributed by atoms with Crippen molar-refractivity contribution in [2.45, 2.75) is 32.9 Å². The van der Waals surface area contributed by atoms with Crippen LogP contribution in [-0.4, -0.2) is 59.2 Å². The number of piperazine rings is 1. The molecule has 0 radical (unpaired) electrons. The monoisotopic (exact) mass is 358 g/mol. The molecule has 1 aliphatic heterocycles. The van der Waals surface area contributed by atoms with Crippen LogP contribution in [0.25, 0.3) is 0 Å². The van der Waals surface area contributed by atoms with Crippen LogP contribution in [0, 0.1) is 0 Å². The predicted octanol–water partition coefficient (Wildman–Crippen LogP) is 2.30. The molecule has 0 amide bonds. The molecule has 0 spiro atoms. The van der Waals surface area contributed by atoms with Crippen molar-refractivity contribution in [1.29, 1.82) is 0 Å². The molecule has 0 saturated carbocycles. The van der Waals surface area contributed by atoms with E-state index in [1.54, 1.807) is 6.07 Å². The highest BCUT2D eigenvalue weighted by Crippen LogP contribution is 2.14. The van der Waals surface area contributed by atoms with Gasteiger partial charge >= 0.3 is 5.97 Å². The molecule has 0 bridgehead atoms. The summed E-state index contributed by atoms with van der Waals surface area (Å²) in [5, 5.41) is 4.02. The molecular weight excluding hydrogens is 332 g/mol. The van der Waals surface area contributed by atoms with Crippen molar-refractivity contribution in [3.05, 3.63) is 47.1 Å². The van der Waals surface area contributed by atoms with Crippen LogP contribution in [-0.2, 0) is 17.8 Å². The first kappa shape index (κ1) is 18.5. The van der Waals surface area contributed by atoms with Gasteiger partial charge in [0.2, 0.25) is 5.89 Å². The zero-order valence-corrected chi connectivity index (χ0v) is 15.6. The minimum atomic E-state index is -0.294. The Balaban J connectivity index is 1.50. The molecule has 3 rings (SSSR count). The van der Waals surface area contributed by atoms with Crippen molar-refractivity contribution < 1.29 is 14.1 Å². The number of rotatable bonds is 6. The fourth-order valence-corrected chi connectivity index (χ4v) is 3.04. The third-order valence-electron chi connectivity index (χ3n) is 4.58. The number of aromatic nitrogens is 2. The van der Waals surface area contributed by atoms with Gasteiger partial charge in [0.15, 0.2) is 5.82 Å². The molecule has 1 aliphatic rings. The minimum absolute atomic E-state index is 0.283. The summed E-state index contributed by atoms with van der Waals surface area (Å²) in [7, 11) is 1.40. The highest BCUT2D eigenvalue weighted by Gasteiger charge is 2.20. The topological polar surface area (TPSA) is 71.7 Å². The standard InChI is InChI=1S/C19H26N4O3/c1-14(2)18-20-17(26-21-18)13-23-9-7-22(8-10-23)12-15-5-4-6-16(11-15)19(24)25-3/h4-6,11,14H,7-10,12-13H2,1-3H3. The number of methoxy groups -OCH3 is 1. The summed E-state index contributed by atoms with van der Waals surface area (Å²) in [6, 6.07) is 7.64. The number of ether oxygens (including phenoxy) is 1. The average molecular weight is 358 g/mol. The Hall–Kier alpha value is -2.25. The minimum Gasteiger partial charge on any atom is -0.465 e. The van der Waals surface area contributed by atoms with Gasteiger partial charge < -0.3 is 9.26 Å². The quantitative estimate of drug-likeness (QED) is 0.734. The number of hydrogen-bond donors (Lipinski definition) is 0. The number of benzene rings is 1. The molecular formula is C19H26N4O3. The number of carbonyl (C=O) groups excluding carboxylic acids is 1. The Morgan fingerprint density at radius 1 is 1.19 bits per heavy atom. The largest absolute Gasteiger partial charge is 0.465 e. The summed E-state index contributed by atoms with van der Waals surface area (Å²) in [6.07, 6.45) is 0. The first-order chi connectivity index (χ1) is 12.5. The maximum atomic E-state index is 11.7. The van der Waals surface area contributed by atoms with E-state index in [9.17, 15) is 4.79 Å². The second-order valence-corrected chi connectivity index (χ2v) is 6.95. The lowest BCUT2D eigenvalue weighted by molar-refractivity contribution is 0.0600. The maximum absolute atomic E-state index is 11.7. The molecule has 0 aliphatic carbocycles. The van der Waals surface area contributed by atoms with Crippen LogP contribution in [0.5, 0.6) is 0 Å². The third-order valence-corrected chi connectivity index (χ3v) is 4.58. The molecule has 0 N–H and O–H groups in total. The lowest BCUT2D eigenvalue weighted by Crippen LogP contribution is -2.45. The Morgan fingerprint density at radius 3 is 2.50 bits per heavy atom. The van der Waals surface area contributed by atoms with Crippen LogP contribution in [0.15, 0.2) is 28.8 Å². The highest BCUT2D eigenvalue weighted by molar-refractivity contribution is 5.89. The van der Waals surface area contributed by atoms with Crippen LogP contribution >= 0.6 is 0 Å². The fraction of sp³-hybridized carbons (Fsp3) is 0.526.